The van der Waals surface area contributed by atoms with Gasteiger partial charge in [-0.2, -0.15) is 4.39 Å². The molecule has 38 heavy (non-hydrogen) atoms. The van der Waals surface area contributed by atoms with Gasteiger partial charge in [0.25, 0.3) is 0 Å². The number of benzene rings is 2. The molecule has 5 nitrogen and oxygen atoms in total. The first-order valence-electron chi connectivity index (χ1n) is 13.5. The maximum absolute atomic E-state index is 14.5. The molecule has 2 aromatic carbocycles. The standard InChI is InChI=1S/C30H37F3O5/c1-4-6-7-18-36-25-17-16-24(27(32)28(25)33)29(34)37-22-12-8-20(9-13-22)21-10-14-23(15-11-21)38-30(35)26(31)19(3)5-2/h8-9,12-13,16-17,19,21,23,26H,4-7,10-11,14-15,18H2,1-3H3/t19-,21?,23?,26-/m0/s1. The van der Waals surface area contributed by atoms with E-state index in [-0.39, 0.29) is 36.0 Å². The summed E-state index contributed by atoms with van der Waals surface area (Å²) < 4.78 is 58.9. The summed E-state index contributed by atoms with van der Waals surface area (Å²) in [4.78, 5) is 24.5. The molecule has 0 heterocycles. The van der Waals surface area contributed by atoms with Crippen molar-refractivity contribution in [3.63, 3.8) is 0 Å². The van der Waals surface area contributed by atoms with Gasteiger partial charge in [0.1, 0.15) is 11.9 Å². The summed E-state index contributed by atoms with van der Waals surface area (Å²) in [5, 5.41) is 0. The number of alkyl halides is 1. The van der Waals surface area contributed by atoms with Gasteiger partial charge in [-0.05, 0) is 73.8 Å². The highest BCUT2D eigenvalue weighted by molar-refractivity contribution is 5.91. The lowest BCUT2D eigenvalue weighted by Crippen LogP contribution is -2.31. The monoisotopic (exact) mass is 534 g/mol. The molecule has 1 saturated carbocycles. The van der Waals surface area contributed by atoms with E-state index in [0.717, 1.165) is 43.7 Å². The highest BCUT2D eigenvalue weighted by Crippen LogP contribution is 2.35. The van der Waals surface area contributed by atoms with Crippen molar-refractivity contribution < 1.29 is 37.0 Å². The second-order valence-corrected chi connectivity index (χ2v) is 9.95. The predicted molar refractivity (Wildman–Crippen MR) is 138 cm³/mol. The minimum Gasteiger partial charge on any atom is -0.490 e. The molecule has 1 fully saturated rings. The van der Waals surface area contributed by atoms with Crippen LogP contribution < -0.4 is 9.47 Å². The fourth-order valence-electron chi connectivity index (χ4n) is 4.49. The summed E-state index contributed by atoms with van der Waals surface area (Å²) >= 11 is 0. The van der Waals surface area contributed by atoms with Crippen molar-refractivity contribution in [3.05, 3.63) is 59.2 Å². The van der Waals surface area contributed by atoms with Gasteiger partial charge in [0.05, 0.1) is 12.2 Å². The molecule has 0 bridgehead atoms. The zero-order chi connectivity index (χ0) is 27.7. The maximum Gasteiger partial charge on any atom is 0.346 e. The fourth-order valence-corrected chi connectivity index (χ4v) is 4.49. The third-order valence-electron chi connectivity index (χ3n) is 7.16. The normalized spacial score (nSPS) is 18.9. The van der Waals surface area contributed by atoms with Crippen LogP contribution in [0.3, 0.4) is 0 Å². The Morgan fingerprint density at radius 1 is 0.947 bits per heavy atom. The number of rotatable bonds is 12. The predicted octanol–water partition coefficient (Wildman–Crippen LogP) is 7.71. The Labute approximate surface area is 222 Å². The van der Waals surface area contributed by atoms with Gasteiger partial charge in [0.15, 0.2) is 17.7 Å². The summed E-state index contributed by atoms with van der Waals surface area (Å²) in [5.74, 6) is -4.46. The molecule has 0 N–H and O–H groups in total. The van der Waals surface area contributed by atoms with Gasteiger partial charge >= 0.3 is 11.9 Å². The van der Waals surface area contributed by atoms with E-state index in [2.05, 4.69) is 0 Å². The van der Waals surface area contributed by atoms with Crippen LogP contribution in [0.25, 0.3) is 0 Å². The molecular weight excluding hydrogens is 497 g/mol. The quantitative estimate of drug-likeness (QED) is 0.159. The Kier molecular flexibility index (Phi) is 11.0. The van der Waals surface area contributed by atoms with Crippen LogP contribution in [-0.2, 0) is 9.53 Å². The molecule has 2 atom stereocenters. The Bertz CT molecular complexity index is 1060. The van der Waals surface area contributed by atoms with E-state index in [4.69, 9.17) is 14.2 Å². The summed E-state index contributed by atoms with van der Waals surface area (Å²) in [7, 11) is 0. The van der Waals surface area contributed by atoms with Crippen molar-refractivity contribution in [3.8, 4) is 11.5 Å². The highest BCUT2D eigenvalue weighted by Gasteiger charge is 2.30. The van der Waals surface area contributed by atoms with Crippen LogP contribution in [0.4, 0.5) is 13.2 Å². The summed E-state index contributed by atoms with van der Waals surface area (Å²) in [6, 6.07) is 9.26. The Balaban J connectivity index is 1.52. The molecule has 208 valence electrons. The highest BCUT2D eigenvalue weighted by atomic mass is 19.2. The van der Waals surface area contributed by atoms with Crippen LogP contribution in [0, 0.1) is 17.6 Å². The van der Waals surface area contributed by atoms with E-state index in [0.29, 0.717) is 19.3 Å². The topological polar surface area (TPSA) is 61.8 Å². The number of unbranched alkanes of at least 4 members (excludes halogenated alkanes) is 2. The molecule has 0 saturated heterocycles. The van der Waals surface area contributed by atoms with Crippen molar-refractivity contribution in [2.24, 2.45) is 5.92 Å². The van der Waals surface area contributed by atoms with E-state index < -0.39 is 35.3 Å². The van der Waals surface area contributed by atoms with Gasteiger partial charge < -0.3 is 14.2 Å². The largest absolute Gasteiger partial charge is 0.490 e. The van der Waals surface area contributed by atoms with Crippen LogP contribution >= 0.6 is 0 Å². The molecule has 8 heteroatoms. The SMILES string of the molecule is CCCCCOc1ccc(C(=O)Oc2ccc(C3CCC(OC(=O)[C@@H](F)[C@@H](C)CC)CC3)cc2)c(F)c1F. The Morgan fingerprint density at radius 3 is 2.26 bits per heavy atom. The van der Waals surface area contributed by atoms with Gasteiger partial charge in [-0.15, -0.1) is 0 Å². The molecule has 3 rings (SSSR count). The third kappa shape index (κ3) is 7.74. The van der Waals surface area contributed by atoms with Gasteiger partial charge in [0, 0.05) is 0 Å². The van der Waals surface area contributed by atoms with Crippen molar-refractivity contribution in [2.45, 2.75) is 90.3 Å². The van der Waals surface area contributed by atoms with Gasteiger partial charge in [-0.3, -0.25) is 0 Å². The first kappa shape index (κ1) is 29.5. The van der Waals surface area contributed by atoms with Crippen LogP contribution in [0.2, 0.25) is 0 Å². The molecule has 0 unspecified atom stereocenters. The second kappa shape index (κ2) is 14.2. The molecule has 1 aliphatic carbocycles. The second-order valence-electron chi connectivity index (χ2n) is 9.95. The Hall–Kier alpha value is -3.03. The molecule has 0 radical (unpaired) electrons. The molecular formula is C30H37F3O5. The number of ether oxygens (including phenoxy) is 3. The van der Waals surface area contributed by atoms with Crippen LogP contribution in [-0.4, -0.2) is 30.8 Å². The van der Waals surface area contributed by atoms with Crippen LogP contribution in [0.1, 0.15) is 94.0 Å². The number of carbonyl (C=O) groups is 2. The average Bonchev–Trinajstić information content (AvgIpc) is 2.93. The molecule has 0 spiro atoms. The molecule has 2 aromatic rings. The van der Waals surface area contributed by atoms with Crippen LogP contribution in [0.5, 0.6) is 11.5 Å². The number of hydrogen-bond donors (Lipinski definition) is 0. The fraction of sp³-hybridized carbons (Fsp3) is 0.533. The third-order valence-corrected chi connectivity index (χ3v) is 7.16. The summed E-state index contributed by atoms with van der Waals surface area (Å²) in [6.07, 6.45) is 4.14. The van der Waals surface area contributed by atoms with Gasteiger partial charge in [-0.25, -0.2) is 18.4 Å². The molecule has 0 amide bonds. The number of esters is 2. The van der Waals surface area contributed by atoms with Crippen molar-refractivity contribution >= 4 is 11.9 Å². The molecule has 1 aliphatic rings. The zero-order valence-corrected chi connectivity index (χ0v) is 22.3. The van der Waals surface area contributed by atoms with Gasteiger partial charge in [-0.1, -0.05) is 52.2 Å². The molecule has 0 aromatic heterocycles. The molecule has 0 aliphatic heterocycles. The van der Waals surface area contributed by atoms with E-state index in [1.807, 2.05) is 26.0 Å². The van der Waals surface area contributed by atoms with Crippen molar-refractivity contribution in [1.82, 2.24) is 0 Å². The van der Waals surface area contributed by atoms with Gasteiger partial charge in [0.2, 0.25) is 5.82 Å². The first-order chi connectivity index (χ1) is 18.2. The Morgan fingerprint density at radius 2 is 1.63 bits per heavy atom. The maximum atomic E-state index is 14.5. The lowest BCUT2D eigenvalue weighted by molar-refractivity contribution is -0.158. The van der Waals surface area contributed by atoms with E-state index >= 15 is 0 Å². The van der Waals surface area contributed by atoms with Crippen LogP contribution in [0.15, 0.2) is 36.4 Å². The van der Waals surface area contributed by atoms with E-state index in [1.165, 1.54) is 6.07 Å². The van der Waals surface area contributed by atoms with Crippen molar-refractivity contribution in [1.29, 1.82) is 0 Å². The number of hydrogen-bond acceptors (Lipinski definition) is 5. The first-order valence-corrected chi connectivity index (χ1v) is 13.5. The lowest BCUT2D eigenvalue weighted by atomic mass is 9.82. The average molecular weight is 535 g/mol. The smallest absolute Gasteiger partial charge is 0.346 e. The summed E-state index contributed by atoms with van der Waals surface area (Å²) in [6.45, 7) is 5.82. The zero-order valence-electron chi connectivity index (χ0n) is 22.3. The number of carbonyl (C=O) groups excluding carboxylic acids is 2. The minimum atomic E-state index is -1.60. The van der Waals surface area contributed by atoms with Crippen molar-refractivity contribution in [2.75, 3.05) is 6.61 Å². The van der Waals surface area contributed by atoms with E-state index in [9.17, 15) is 22.8 Å². The number of halogens is 3. The minimum absolute atomic E-state index is 0.208. The lowest BCUT2D eigenvalue weighted by Gasteiger charge is -2.29. The van der Waals surface area contributed by atoms with E-state index in [1.54, 1.807) is 19.1 Å². The summed E-state index contributed by atoms with van der Waals surface area (Å²) in [5.41, 5.74) is 0.517.